The normalized spacial score (nSPS) is 28.2. The van der Waals surface area contributed by atoms with Gasteiger partial charge in [-0.1, -0.05) is 6.92 Å². The maximum atomic E-state index is 11.4. The Morgan fingerprint density at radius 2 is 2.15 bits per heavy atom. The van der Waals surface area contributed by atoms with Gasteiger partial charge in [-0.2, -0.15) is 0 Å². The molecule has 0 spiro atoms. The zero-order valence-electron chi connectivity index (χ0n) is 8.25. The van der Waals surface area contributed by atoms with E-state index < -0.39 is 0 Å². The topological polar surface area (TPSA) is 55.1 Å². The van der Waals surface area contributed by atoms with Gasteiger partial charge in [0.05, 0.1) is 0 Å². The lowest BCUT2D eigenvalue weighted by molar-refractivity contribution is -0.129. The minimum Gasteiger partial charge on any atom is -0.352 e. The summed E-state index contributed by atoms with van der Waals surface area (Å²) in [7, 11) is 0. The molecule has 1 fully saturated rings. The summed E-state index contributed by atoms with van der Waals surface area (Å²) in [6, 6.07) is 0.119. The monoisotopic (exact) mass is 206 g/mol. The second-order valence-corrected chi connectivity index (χ2v) is 3.92. The van der Waals surface area contributed by atoms with Crippen molar-refractivity contribution in [3.63, 3.8) is 0 Å². The van der Waals surface area contributed by atoms with Crippen LogP contribution in [0.1, 0.15) is 26.7 Å². The molecule has 0 aliphatic heterocycles. The largest absolute Gasteiger partial charge is 0.352 e. The average molecular weight is 207 g/mol. The van der Waals surface area contributed by atoms with Crippen LogP contribution in [0.15, 0.2) is 0 Å². The van der Waals surface area contributed by atoms with Crippen LogP contribution in [0.5, 0.6) is 0 Å². The third kappa shape index (κ3) is 3.53. The Kier molecular flexibility index (Phi) is 5.33. The van der Waals surface area contributed by atoms with E-state index >= 15 is 0 Å². The van der Waals surface area contributed by atoms with E-state index in [-0.39, 0.29) is 30.3 Å². The highest BCUT2D eigenvalue weighted by atomic mass is 35.5. The van der Waals surface area contributed by atoms with Crippen molar-refractivity contribution >= 4 is 18.3 Å². The predicted octanol–water partition coefficient (Wildman–Crippen LogP) is 0.918. The zero-order valence-corrected chi connectivity index (χ0v) is 9.06. The van der Waals surface area contributed by atoms with Crippen LogP contribution in [0.25, 0.3) is 0 Å². The number of hydrogen-bond acceptors (Lipinski definition) is 2. The number of rotatable bonds is 3. The van der Waals surface area contributed by atoms with Crippen LogP contribution < -0.4 is 11.1 Å². The zero-order chi connectivity index (χ0) is 9.14. The fraction of sp³-hybridized carbons (Fsp3) is 0.889. The fourth-order valence-corrected chi connectivity index (χ4v) is 1.54. The molecule has 0 aromatic heterocycles. The molecular formula is C9H19ClN2O. The highest BCUT2D eigenvalue weighted by Crippen LogP contribution is 2.32. The lowest BCUT2D eigenvalue weighted by Crippen LogP contribution is -2.44. The summed E-state index contributed by atoms with van der Waals surface area (Å²) >= 11 is 0. The van der Waals surface area contributed by atoms with E-state index in [1.165, 1.54) is 0 Å². The summed E-state index contributed by atoms with van der Waals surface area (Å²) < 4.78 is 0. The van der Waals surface area contributed by atoms with E-state index in [2.05, 4.69) is 12.2 Å². The van der Waals surface area contributed by atoms with Gasteiger partial charge in [-0.3, -0.25) is 4.79 Å². The van der Waals surface area contributed by atoms with Gasteiger partial charge in [0.25, 0.3) is 0 Å². The first-order chi connectivity index (χ1) is 5.63. The molecule has 4 heteroatoms. The van der Waals surface area contributed by atoms with E-state index in [1.54, 1.807) is 0 Å². The van der Waals surface area contributed by atoms with Gasteiger partial charge in [0, 0.05) is 18.5 Å². The first-order valence-corrected chi connectivity index (χ1v) is 4.64. The molecule has 1 aliphatic carbocycles. The van der Waals surface area contributed by atoms with Crippen molar-refractivity contribution in [3.05, 3.63) is 0 Å². The second-order valence-electron chi connectivity index (χ2n) is 3.92. The van der Waals surface area contributed by atoms with E-state index in [1.807, 2.05) is 6.92 Å². The summed E-state index contributed by atoms with van der Waals surface area (Å²) in [5.41, 5.74) is 5.39. The first kappa shape index (κ1) is 12.7. The van der Waals surface area contributed by atoms with Gasteiger partial charge in [-0.05, 0) is 25.7 Å². The lowest BCUT2D eigenvalue weighted by atomic mass is 9.75. The minimum atomic E-state index is 0. The minimum absolute atomic E-state index is 0. The van der Waals surface area contributed by atoms with Gasteiger partial charge in [0.1, 0.15) is 0 Å². The van der Waals surface area contributed by atoms with E-state index in [9.17, 15) is 4.79 Å². The smallest absolute Gasteiger partial charge is 0.223 e. The maximum absolute atomic E-state index is 11.4. The van der Waals surface area contributed by atoms with E-state index in [4.69, 9.17) is 5.73 Å². The van der Waals surface area contributed by atoms with Gasteiger partial charge in [0.15, 0.2) is 0 Å². The van der Waals surface area contributed by atoms with Crippen LogP contribution in [-0.2, 0) is 4.79 Å². The molecule has 0 saturated heterocycles. The molecule has 1 aliphatic rings. The number of carbonyl (C=O) groups is 1. The Morgan fingerprint density at radius 3 is 2.54 bits per heavy atom. The molecule has 0 heterocycles. The molecule has 13 heavy (non-hydrogen) atoms. The summed E-state index contributed by atoms with van der Waals surface area (Å²) in [6.45, 7) is 4.63. The van der Waals surface area contributed by atoms with Gasteiger partial charge in [-0.25, -0.2) is 0 Å². The quantitative estimate of drug-likeness (QED) is 0.722. The van der Waals surface area contributed by atoms with Crippen molar-refractivity contribution in [2.75, 3.05) is 6.54 Å². The molecule has 3 nitrogen and oxygen atoms in total. The Hall–Kier alpha value is -0.280. The van der Waals surface area contributed by atoms with Gasteiger partial charge >= 0.3 is 0 Å². The van der Waals surface area contributed by atoms with Crippen molar-refractivity contribution < 1.29 is 4.79 Å². The third-order valence-electron chi connectivity index (χ3n) is 2.49. The van der Waals surface area contributed by atoms with Crippen LogP contribution >= 0.6 is 12.4 Å². The number of carbonyl (C=O) groups excluding carboxylic acids is 1. The SMILES string of the molecule is CC1CC(C(=O)N[C@@H](C)CN)C1.Cl. The van der Waals surface area contributed by atoms with Crippen LogP contribution in [0.3, 0.4) is 0 Å². The summed E-state index contributed by atoms with van der Waals surface area (Å²) in [5.74, 6) is 1.17. The molecule has 3 N–H and O–H groups in total. The molecule has 0 aromatic carbocycles. The fourth-order valence-electron chi connectivity index (χ4n) is 1.54. The van der Waals surface area contributed by atoms with Gasteiger partial charge < -0.3 is 11.1 Å². The molecule has 0 radical (unpaired) electrons. The first-order valence-electron chi connectivity index (χ1n) is 4.64. The molecule has 1 atom stereocenters. The summed E-state index contributed by atoms with van der Waals surface area (Å²) in [5, 5.41) is 2.89. The van der Waals surface area contributed by atoms with E-state index in [0.717, 1.165) is 18.8 Å². The molecule has 0 bridgehead atoms. The van der Waals surface area contributed by atoms with Crippen molar-refractivity contribution in [1.82, 2.24) is 5.32 Å². The van der Waals surface area contributed by atoms with Crippen molar-refractivity contribution in [2.24, 2.45) is 17.6 Å². The van der Waals surface area contributed by atoms with Crippen LogP contribution in [0, 0.1) is 11.8 Å². The van der Waals surface area contributed by atoms with Gasteiger partial charge in [0.2, 0.25) is 5.91 Å². The van der Waals surface area contributed by atoms with Crippen molar-refractivity contribution in [1.29, 1.82) is 0 Å². The third-order valence-corrected chi connectivity index (χ3v) is 2.49. The number of nitrogens with one attached hydrogen (secondary N) is 1. The average Bonchev–Trinajstić information content (AvgIpc) is 1.98. The number of halogens is 1. The molecule has 1 rings (SSSR count). The lowest BCUT2D eigenvalue weighted by Gasteiger charge is -2.32. The highest BCUT2D eigenvalue weighted by Gasteiger charge is 2.31. The Bertz CT molecular complexity index is 169. The standard InChI is InChI=1S/C9H18N2O.ClH/c1-6-3-8(4-6)9(12)11-7(2)5-10;/h6-8H,3-5,10H2,1-2H3,(H,11,12);1H/t6?,7-,8?;/m0./s1. The van der Waals surface area contributed by atoms with Gasteiger partial charge in [-0.15, -0.1) is 12.4 Å². The number of nitrogens with two attached hydrogens (primary N) is 1. The van der Waals surface area contributed by atoms with Crippen LogP contribution in [-0.4, -0.2) is 18.5 Å². The van der Waals surface area contributed by atoms with E-state index in [0.29, 0.717) is 6.54 Å². The Labute approximate surface area is 85.9 Å². The maximum Gasteiger partial charge on any atom is 0.223 e. The molecular weight excluding hydrogens is 188 g/mol. The van der Waals surface area contributed by atoms with Crippen LogP contribution in [0.2, 0.25) is 0 Å². The molecule has 1 saturated carbocycles. The van der Waals surface area contributed by atoms with Crippen molar-refractivity contribution in [2.45, 2.75) is 32.7 Å². The summed E-state index contributed by atoms with van der Waals surface area (Å²) in [6.07, 6.45) is 2.09. The molecule has 0 unspecified atom stereocenters. The van der Waals surface area contributed by atoms with Crippen molar-refractivity contribution in [3.8, 4) is 0 Å². The molecule has 1 amide bonds. The molecule has 78 valence electrons. The predicted molar refractivity (Wildman–Crippen MR) is 55.8 cm³/mol. The Morgan fingerprint density at radius 1 is 1.62 bits per heavy atom. The van der Waals surface area contributed by atoms with Crippen LogP contribution in [0.4, 0.5) is 0 Å². The molecule has 0 aromatic rings. The number of amides is 1. The number of hydrogen-bond donors (Lipinski definition) is 2. The highest BCUT2D eigenvalue weighted by molar-refractivity contribution is 5.85. The summed E-state index contributed by atoms with van der Waals surface area (Å²) in [4.78, 5) is 11.4. The second kappa shape index (κ2) is 5.45. The Balaban J connectivity index is 0.00000144.